The monoisotopic (exact) mass is 411 g/mol. The fraction of sp³-hybridized carbons (Fsp3) is 0.300. The molecule has 9 heteroatoms. The molecule has 0 aromatic carbocycles. The van der Waals surface area contributed by atoms with Gasteiger partial charge in [0.05, 0.1) is 36.7 Å². The van der Waals surface area contributed by atoms with E-state index >= 15 is 0 Å². The van der Waals surface area contributed by atoms with Gasteiger partial charge in [-0.3, -0.25) is 0 Å². The number of pyridine rings is 2. The van der Waals surface area contributed by atoms with Gasteiger partial charge in [-0.25, -0.2) is 22.4 Å². The lowest BCUT2D eigenvalue weighted by atomic mass is 10.1. The van der Waals surface area contributed by atoms with Gasteiger partial charge in [-0.05, 0) is 31.2 Å². The normalized spacial score (nSPS) is 18.0. The van der Waals surface area contributed by atoms with Crippen molar-refractivity contribution >= 4 is 37.8 Å². The van der Waals surface area contributed by atoms with E-state index in [1.807, 2.05) is 30.5 Å². The van der Waals surface area contributed by atoms with Crippen LogP contribution in [0.2, 0.25) is 0 Å². The number of aromatic amines is 1. The van der Waals surface area contributed by atoms with Crippen molar-refractivity contribution in [2.45, 2.75) is 13.0 Å². The molecule has 0 aliphatic carbocycles. The van der Waals surface area contributed by atoms with Gasteiger partial charge in [0.2, 0.25) is 10.0 Å². The van der Waals surface area contributed by atoms with Crippen LogP contribution in [0.1, 0.15) is 6.92 Å². The van der Waals surface area contributed by atoms with Crippen molar-refractivity contribution in [2.75, 3.05) is 30.9 Å². The lowest BCUT2D eigenvalue weighted by Crippen LogP contribution is -2.44. The number of aromatic nitrogens is 4. The molecule has 1 N–H and O–H groups in total. The standard InChI is InChI=1S/C20H21N5O3S/c1-13-12-28-10-9-24(13)20-16-5-8-25(29(2,26)27)18(16)11-17(23-20)14-3-6-21-19-15(14)4-7-22-19/h3-8,11,13H,9-10,12H2,1-2H3,(H,21,22). The van der Waals surface area contributed by atoms with Gasteiger partial charge in [0.15, 0.2) is 0 Å². The number of anilines is 1. The molecule has 0 amide bonds. The van der Waals surface area contributed by atoms with Gasteiger partial charge in [0, 0.05) is 41.5 Å². The van der Waals surface area contributed by atoms with E-state index < -0.39 is 10.0 Å². The first kappa shape index (κ1) is 18.1. The second-order valence-corrected chi connectivity index (χ2v) is 9.21. The molecular weight excluding hydrogens is 390 g/mol. The number of nitrogens with one attached hydrogen (secondary N) is 1. The molecule has 5 rings (SSSR count). The summed E-state index contributed by atoms with van der Waals surface area (Å²) in [6.07, 6.45) is 6.37. The maximum absolute atomic E-state index is 12.4. The third-order valence-electron chi connectivity index (χ3n) is 5.36. The maximum atomic E-state index is 12.4. The summed E-state index contributed by atoms with van der Waals surface area (Å²) in [6, 6.07) is 7.66. The number of fused-ring (bicyclic) bond motifs is 2. The maximum Gasteiger partial charge on any atom is 0.236 e. The first-order valence-electron chi connectivity index (χ1n) is 9.43. The summed E-state index contributed by atoms with van der Waals surface area (Å²) in [5.74, 6) is 0.774. The van der Waals surface area contributed by atoms with Crippen molar-refractivity contribution in [2.24, 2.45) is 0 Å². The Hall–Kier alpha value is -2.91. The number of hydrogen-bond donors (Lipinski definition) is 1. The Morgan fingerprint density at radius 1 is 1.24 bits per heavy atom. The van der Waals surface area contributed by atoms with Gasteiger partial charge >= 0.3 is 0 Å². The largest absolute Gasteiger partial charge is 0.377 e. The quantitative estimate of drug-likeness (QED) is 0.557. The molecule has 0 spiro atoms. The number of nitrogens with zero attached hydrogens (tertiary/aromatic N) is 4. The molecule has 1 saturated heterocycles. The molecule has 8 nitrogen and oxygen atoms in total. The summed E-state index contributed by atoms with van der Waals surface area (Å²) in [5, 5.41) is 1.75. The van der Waals surface area contributed by atoms with Crippen molar-refractivity contribution < 1.29 is 13.2 Å². The van der Waals surface area contributed by atoms with Crippen LogP contribution in [0.15, 0.2) is 42.9 Å². The molecule has 1 aliphatic heterocycles. The minimum Gasteiger partial charge on any atom is -0.377 e. The SMILES string of the molecule is CC1COCCN1c1nc(-c2ccnc3[nH]ccc23)cc2c1ccn2S(C)(=O)=O. The van der Waals surface area contributed by atoms with Crippen LogP contribution in [0.3, 0.4) is 0 Å². The molecular formula is C20H21N5O3S. The molecule has 5 heterocycles. The van der Waals surface area contributed by atoms with Gasteiger partial charge in [-0.1, -0.05) is 0 Å². The van der Waals surface area contributed by atoms with E-state index in [1.54, 1.807) is 12.4 Å². The van der Waals surface area contributed by atoms with Crippen molar-refractivity contribution in [3.63, 3.8) is 0 Å². The highest BCUT2D eigenvalue weighted by atomic mass is 32.2. The van der Waals surface area contributed by atoms with E-state index in [0.717, 1.165) is 27.8 Å². The number of hydrogen-bond acceptors (Lipinski definition) is 6. The molecule has 29 heavy (non-hydrogen) atoms. The fourth-order valence-electron chi connectivity index (χ4n) is 3.97. The van der Waals surface area contributed by atoms with Crippen LogP contribution in [-0.4, -0.2) is 59.4 Å². The average molecular weight is 411 g/mol. The number of rotatable bonds is 3. The first-order chi connectivity index (χ1) is 13.9. The van der Waals surface area contributed by atoms with Crippen LogP contribution < -0.4 is 4.90 Å². The molecule has 0 bridgehead atoms. The zero-order chi connectivity index (χ0) is 20.2. The molecule has 4 aromatic rings. The Morgan fingerprint density at radius 3 is 2.90 bits per heavy atom. The second-order valence-electron chi connectivity index (χ2n) is 7.35. The van der Waals surface area contributed by atoms with Crippen LogP contribution in [0.25, 0.3) is 33.2 Å². The number of H-pyrrole nitrogens is 1. The average Bonchev–Trinajstić information content (AvgIpc) is 3.34. The summed E-state index contributed by atoms with van der Waals surface area (Å²) < 4.78 is 31.6. The first-order valence-corrected chi connectivity index (χ1v) is 11.3. The summed E-state index contributed by atoms with van der Waals surface area (Å²) >= 11 is 0. The van der Waals surface area contributed by atoms with Crippen molar-refractivity contribution in [1.29, 1.82) is 0 Å². The van der Waals surface area contributed by atoms with Crippen molar-refractivity contribution in [1.82, 2.24) is 18.9 Å². The molecule has 0 radical (unpaired) electrons. The fourth-order valence-corrected chi connectivity index (χ4v) is 4.76. The second kappa shape index (κ2) is 6.57. The van der Waals surface area contributed by atoms with E-state index in [0.29, 0.717) is 31.0 Å². The van der Waals surface area contributed by atoms with Crippen LogP contribution in [-0.2, 0) is 14.8 Å². The summed E-state index contributed by atoms with van der Waals surface area (Å²) in [5.41, 5.74) is 3.00. The van der Waals surface area contributed by atoms with E-state index in [2.05, 4.69) is 21.8 Å². The van der Waals surface area contributed by atoms with Crippen LogP contribution in [0.4, 0.5) is 5.82 Å². The molecule has 1 fully saturated rings. The van der Waals surface area contributed by atoms with Crippen LogP contribution >= 0.6 is 0 Å². The Balaban J connectivity index is 1.82. The minimum atomic E-state index is -3.45. The lowest BCUT2D eigenvalue weighted by molar-refractivity contribution is 0.0987. The van der Waals surface area contributed by atoms with Gasteiger partial charge in [-0.2, -0.15) is 0 Å². The summed E-state index contributed by atoms with van der Waals surface area (Å²) in [6.45, 7) is 4.01. The smallest absolute Gasteiger partial charge is 0.236 e. The number of morpholine rings is 1. The topological polar surface area (TPSA) is 93.1 Å². The molecule has 1 aliphatic rings. The highest BCUT2D eigenvalue weighted by Crippen LogP contribution is 2.35. The zero-order valence-corrected chi connectivity index (χ0v) is 17.0. The Bertz CT molecular complexity index is 1320. The summed E-state index contributed by atoms with van der Waals surface area (Å²) in [4.78, 5) is 14.6. The van der Waals surface area contributed by atoms with E-state index in [9.17, 15) is 8.42 Å². The van der Waals surface area contributed by atoms with Gasteiger partial charge in [-0.15, -0.1) is 0 Å². The highest BCUT2D eigenvalue weighted by molar-refractivity contribution is 7.89. The van der Waals surface area contributed by atoms with E-state index in [4.69, 9.17) is 9.72 Å². The van der Waals surface area contributed by atoms with Crippen LogP contribution in [0, 0.1) is 0 Å². The van der Waals surface area contributed by atoms with Gasteiger partial charge < -0.3 is 14.6 Å². The molecule has 4 aromatic heterocycles. The Kier molecular flexibility index (Phi) is 4.11. The predicted octanol–water partition coefficient (Wildman–Crippen LogP) is 2.61. The van der Waals surface area contributed by atoms with E-state index in [-0.39, 0.29) is 6.04 Å². The van der Waals surface area contributed by atoms with E-state index in [1.165, 1.54) is 10.2 Å². The highest BCUT2D eigenvalue weighted by Gasteiger charge is 2.25. The molecule has 150 valence electrons. The molecule has 1 atom stereocenters. The third kappa shape index (κ3) is 2.97. The van der Waals surface area contributed by atoms with Gasteiger partial charge in [0.25, 0.3) is 0 Å². The predicted molar refractivity (Wildman–Crippen MR) is 113 cm³/mol. The zero-order valence-electron chi connectivity index (χ0n) is 16.2. The molecule has 1 unspecified atom stereocenters. The Morgan fingerprint density at radius 2 is 2.10 bits per heavy atom. The molecule has 0 saturated carbocycles. The number of ether oxygens (including phenoxy) is 1. The Labute approximate surface area is 168 Å². The van der Waals surface area contributed by atoms with Crippen molar-refractivity contribution in [3.8, 4) is 11.3 Å². The lowest BCUT2D eigenvalue weighted by Gasteiger charge is -2.35. The summed E-state index contributed by atoms with van der Waals surface area (Å²) in [7, 11) is -3.45. The van der Waals surface area contributed by atoms with Crippen LogP contribution in [0.5, 0.6) is 0 Å². The van der Waals surface area contributed by atoms with Gasteiger partial charge in [0.1, 0.15) is 11.5 Å². The minimum absolute atomic E-state index is 0.140. The third-order valence-corrected chi connectivity index (χ3v) is 6.40. The van der Waals surface area contributed by atoms with Crippen molar-refractivity contribution in [3.05, 3.63) is 42.9 Å².